The van der Waals surface area contributed by atoms with Crippen molar-refractivity contribution >= 4 is 49.0 Å². The predicted octanol–water partition coefficient (Wildman–Crippen LogP) is 4.32. The van der Waals surface area contributed by atoms with Crippen molar-refractivity contribution in [2.75, 3.05) is 24.7 Å². The van der Waals surface area contributed by atoms with Gasteiger partial charge in [-0.05, 0) is 79.6 Å². The van der Waals surface area contributed by atoms with Crippen LogP contribution >= 0.6 is 11.6 Å². The molecule has 1 aliphatic heterocycles. The van der Waals surface area contributed by atoms with Crippen molar-refractivity contribution in [1.29, 1.82) is 0 Å². The average molecular weight is 673 g/mol. The summed E-state index contributed by atoms with van der Waals surface area (Å²) in [6.07, 6.45) is 2.25. The molecule has 14 heteroatoms. The van der Waals surface area contributed by atoms with Gasteiger partial charge in [0.05, 0.1) is 11.4 Å². The van der Waals surface area contributed by atoms with Crippen LogP contribution in [0.4, 0.5) is 5.69 Å². The van der Waals surface area contributed by atoms with Crippen LogP contribution in [0.25, 0.3) is 0 Å². The summed E-state index contributed by atoms with van der Waals surface area (Å²) in [4.78, 5) is 22.9. The van der Waals surface area contributed by atoms with E-state index < -0.39 is 19.9 Å². The Labute approximate surface area is 267 Å². The maximum Gasteiger partial charge on any atom is 0.276 e. The van der Waals surface area contributed by atoms with E-state index >= 15 is 0 Å². The number of furan rings is 1. The summed E-state index contributed by atoms with van der Waals surface area (Å²) in [7, 11) is -7.14. The highest BCUT2D eigenvalue weighted by Crippen LogP contribution is 2.25. The number of nitrogens with zero attached hydrogens (tertiary/aromatic N) is 1. The molecule has 1 saturated heterocycles. The van der Waals surface area contributed by atoms with Crippen molar-refractivity contribution in [2.45, 2.75) is 35.4 Å². The number of nitrogens with two attached hydrogens (primary N) is 1. The second-order valence-electron chi connectivity index (χ2n) is 10.3. The molecule has 5 rings (SSSR count). The highest BCUT2D eigenvalue weighted by Gasteiger charge is 2.32. The highest BCUT2D eigenvalue weighted by atomic mass is 35.5. The summed E-state index contributed by atoms with van der Waals surface area (Å²) < 4.78 is 56.6. The second kappa shape index (κ2) is 14.7. The number of rotatable bonds is 9. The van der Waals surface area contributed by atoms with Gasteiger partial charge in [0.25, 0.3) is 15.9 Å². The van der Waals surface area contributed by atoms with Crippen molar-refractivity contribution in [2.24, 2.45) is 5.73 Å². The van der Waals surface area contributed by atoms with E-state index in [1.54, 1.807) is 66.7 Å². The molecule has 3 aromatic carbocycles. The van der Waals surface area contributed by atoms with Crippen LogP contribution in [0.3, 0.4) is 0 Å². The van der Waals surface area contributed by atoms with Gasteiger partial charge in [-0.15, -0.1) is 0 Å². The van der Waals surface area contributed by atoms with Crippen LogP contribution in [0.1, 0.15) is 39.3 Å². The van der Waals surface area contributed by atoms with E-state index in [0.717, 1.165) is 6.26 Å². The number of halogens is 1. The van der Waals surface area contributed by atoms with Crippen LogP contribution in [0.2, 0.25) is 5.02 Å². The number of benzene rings is 3. The molecule has 238 valence electrons. The molecule has 4 N–H and O–H groups in total. The second-order valence-corrected chi connectivity index (χ2v) is 14.6. The molecule has 0 radical (unpaired) electrons. The van der Waals surface area contributed by atoms with Crippen LogP contribution < -0.4 is 16.4 Å². The molecule has 2 amide bonds. The van der Waals surface area contributed by atoms with Crippen molar-refractivity contribution in [3.63, 3.8) is 0 Å². The van der Waals surface area contributed by atoms with Crippen molar-refractivity contribution in [3.8, 4) is 0 Å². The van der Waals surface area contributed by atoms with E-state index in [-0.39, 0.29) is 47.5 Å². The van der Waals surface area contributed by atoms with E-state index in [9.17, 15) is 26.4 Å². The van der Waals surface area contributed by atoms with E-state index in [2.05, 4.69) is 10.6 Å². The predicted molar refractivity (Wildman–Crippen MR) is 171 cm³/mol. The number of sulfonamides is 1. The third-order valence-electron chi connectivity index (χ3n) is 6.91. The molecule has 0 atom stereocenters. The molecule has 0 spiro atoms. The number of sulfone groups is 1. The van der Waals surface area contributed by atoms with Gasteiger partial charge < -0.3 is 20.8 Å². The Morgan fingerprint density at radius 1 is 0.889 bits per heavy atom. The molecule has 11 nitrogen and oxygen atoms in total. The van der Waals surface area contributed by atoms with Gasteiger partial charge in [0.1, 0.15) is 5.76 Å². The summed E-state index contributed by atoms with van der Waals surface area (Å²) in [6, 6.07) is 24.7. The Morgan fingerprint density at radius 2 is 1.56 bits per heavy atom. The molecular weight excluding hydrogens is 640 g/mol. The summed E-state index contributed by atoms with van der Waals surface area (Å²) in [6.45, 7) is 0.611. The average Bonchev–Trinajstić information content (AvgIpc) is 3.51. The Hall–Kier alpha value is -4.17. The van der Waals surface area contributed by atoms with Crippen LogP contribution in [-0.4, -0.2) is 58.3 Å². The van der Waals surface area contributed by atoms with Crippen LogP contribution in [-0.2, 0) is 26.4 Å². The fraction of sp³-hybridized carbons (Fsp3) is 0.226. The number of piperidine rings is 1. The number of hydrogen-bond donors (Lipinski definition) is 3. The van der Waals surface area contributed by atoms with Gasteiger partial charge >= 0.3 is 0 Å². The third-order valence-corrected chi connectivity index (χ3v) is 10.0. The minimum absolute atomic E-state index is 0.00139. The molecule has 45 heavy (non-hydrogen) atoms. The largest absolute Gasteiger partial charge is 0.446 e. The lowest BCUT2D eigenvalue weighted by Crippen LogP contribution is -2.42. The Bertz CT molecular complexity index is 1840. The standard InChI is InChI=1S/C24H26ClN3O6S2.C7H7NO/c1-35(30,31)22-4-2-3-20(15-22)27-19-11-13-28(14-12-19)36(32,33)23-10-9-21(34-23)16-26-24(29)17-5-7-18(25)8-6-17;8-7(9)6-4-2-1-3-5-6/h2-10,15,19,27H,11-14,16H2,1H3,(H,26,29);1-5H,(H2,8,9). The Morgan fingerprint density at radius 3 is 2.16 bits per heavy atom. The topological polar surface area (TPSA) is 169 Å². The van der Waals surface area contributed by atoms with Crippen LogP contribution in [0.15, 0.2) is 105 Å². The number of amides is 2. The molecular formula is C31H33ClN4O7S2. The lowest BCUT2D eigenvalue weighted by molar-refractivity contribution is 0.0946. The Balaban J connectivity index is 0.000000440. The number of nitrogens with one attached hydrogen (secondary N) is 2. The van der Waals surface area contributed by atoms with Gasteiger partial charge in [0.15, 0.2) is 9.84 Å². The lowest BCUT2D eigenvalue weighted by Gasteiger charge is -2.31. The first-order valence-corrected chi connectivity index (χ1v) is 17.6. The maximum atomic E-state index is 13.1. The van der Waals surface area contributed by atoms with E-state index in [4.69, 9.17) is 21.8 Å². The molecule has 0 aliphatic carbocycles. The number of anilines is 1. The van der Waals surface area contributed by atoms with E-state index in [1.807, 2.05) is 6.07 Å². The smallest absolute Gasteiger partial charge is 0.276 e. The van der Waals surface area contributed by atoms with Crippen LogP contribution in [0, 0.1) is 0 Å². The van der Waals surface area contributed by atoms with Crippen molar-refractivity contribution in [3.05, 3.63) is 113 Å². The normalized spacial score (nSPS) is 14.2. The van der Waals surface area contributed by atoms with Gasteiger partial charge in [0, 0.05) is 47.2 Å². The molecule has 2 heterocycles. The van der Waals surface area contributed by atoms with E-state index in [0.29, 0.717) is 40.4 Å². The zero-order chi connectivity index (χ0) is 32.6. The molecule has 0 unspecified atom stereocenters. The number of hydrogen-bond acceptors (Lipinski definition) is 8. The number of carbonyl (C=O) groups excluding carboxylic acids is 2. The zero-order valence-corrected chi connectivity index (χ0v) is 26.7. The highest BCUT2D eigenvalue weighted by molar-refractivity contribution is 7.90. The van der Waals surface area contributed by atoms with Gasteiger partial charge in [0.2, 0.25) is 11.0 Å². The molecule has 1 aromatic heterocycles. The van der Waals surface area contributed by atoms with Gasteiger partial charge in [-0.1, -0.05) is 35.9 Å². The first-order valence-electron chi connectivity index (χ1n) is 13.9. The fourth-order valence-corrected chi connectivity index (χ4v) is 6.68. The van der Waals surface area contributed by atoms with Crippen molar-refractivity contribution in [1.82, 2.24) is 9.62 Å². The number of carbonyl (C=O) groups is 2. The summed E-state index contributed by atoms with van der Waals surface area (Å²) in [5.41, 5.74) is 6.63. The summed E-state index contributed by atoms with van der Waals surface area (Å²) >= 11 is 5.83. The third kappa shape index (κ3) is 9.41. The minimum atomic E-state index is -3.83. The summed E-state index contributed by atoms with van der Waals surface area (Å²) in [5, 5.41) is 6.33. The fourth-order valence-electron chi connectivity index (χ4n) is 4.48. The molecule has 1 aliphatic rings. The quantitative estimate of drug-likeness (QED) is 0.236. The van der Waals surface area contributed by atoms with Gasteiger partial charge in [-0.3, -0.25) is 9.59 Å². The first kappa shape index (κ1) is 33.7. The minimum Gasteiger partial charge on any atom is -0.446 e. The summed E-state index contributed by atoms with van der Waals surface area (Å²) in [5.74, 6) is -0.391. The molecule has 0 bridgehead atoms. The monoisotopic (exact) mass is 672 g/mol. The van der Waals surface area contributed by atoms with Crippen LogP contribution in [0.5, 0.6) is 0 Å². The van der Waals surface area contributed by atoms with Gasteiger partial charge in [-0.2, -0.15) is 4.31 Å². The molecule has 1 fully saturated rings. The lowest BCUT2D eigenvalue weighted by atomic mass is 10.1. The molecule has 4 aromatic rings. The molecule has 0 saturated carbocycles. The SMILES string of the molecule is CS(=O)(=O)c1cccc(NC2CCN(S(=O)(=O)c3ccc(CNC(=O)c4ccc(Cl)cc4)o3)CC2)c1.NC(=O)c1ccccc1. The first-order chi connectivity index (χ1) is 21.3. The van der Waals surface area contributed by atoms with Crippen molar-refractivity contribution < 1.29 is 30.8 Å². The Kier molecular flexibility index (Phi) is 11.0. The number of primary amides is 1. The zero-order valence-electron chi connectivity index (χ0n) is 24.3. The van der Waals surface area contributed by atoms with Gasteiger partial charge in [-0.25, -0.2) is 16.8 Å². The van der Waals surface area contributed by atoms with E-state index in [1.165, 1.54) is 22.5 Å². The maximum absolute atomic E-state index is 13.1.